The molecule has 12 N–H and O–H groups in total. The highest BCUT2D eigenvalue weighted by atomic mass is 16.8. The lowest BCUT2D eigenvalue weighted by molar-refractivity contribution is -0.379. The summed E-state index contributed by atoms with van der Waals surface area (Å²) in [6, 6.07) is -1.04. The molecule has 514 valence electrons. The molecule has 3 heterocycles. The van der Waals surface area contributed by atoms with Crippen molar-refractivity contribution in [2.75, 3.05) is 26.4 Å². The third-order valence-corrected chi connectivity index (χ3v) is 16.0. The number of carbonyl (C=O) groups is 1. The van der Waals surface area contributed by atoms with Gasteiger partial charge in [-0.25, -0.2) is 0 Å². The summed E-state index contributed by atoms with van der Waals surface area (Å²) in [4.78, 5) is 13.4. The Morgan fingerprint density at radius 3 is 1.24 bits per heavy atom. The number of aliphatic hydroxyl groups is 11. The standard InChI is InChI=1S/C71H117NO18/c1-3-5-7-9-11-13-15-17-19-21-23-25-27-29-31-33-35-37-39-41-43-45-47-49-59(77)72-54(55(76)48-46-44-42-40-38-36-34-32-30-28-26-24-22-20-18-16-14-12-10-8-6-4-2)53-85-69-65(83)62(80)67(57(51-74)87-69)90-71-66(84)63(81)68(58(52-75)88-71)89-70-64(82)61(79)60(78)56(50-73)86-70/h5,7,11,13,17,19,23,25,29-32,35,37-38,40-41,43,46,48,54-58,60-71,73-76,78-84H,3-4,6,8-10,12,14-16,18,20-22,24,26-28,33-34,36,39,42,44-45,47,49-53H2,1-2H3,(H,72,77)/b7-5-,13-11-,19-17-,25-23-,31-29-,32-30+,37-35-,40-38+,43-41-,48-46+. The third-order valence-electron chi connectivity index (χ3n) is 16.0. The molecule has 3 aliphatic rings. The van der Waals surface area contributed by atoms with Crippen molar-refractivity contribution in [1.29, 1.82) is 0 Å². The first-order chi connectivity index (χ1) is 43.8. The Kier molecular flexibility index (Phi) is 46.1. The lowest BCUT2D eigenvalue weighted by atomic mass is 9.96. The van der Waals surface area contributed by atoms with Crippen LogP contribution in [-0.2, 0) is 33.2 Å². The first-order valence-electron chi connectivity index (χ1n) is 33.8. The van der Waals surface area contributed by atoms with Gasteiger partial charge < -0.3 is 89.9 Å². The Balaban J connectivity index is 1.50. The lowest BCUT2D eigenvalue weighted by Crippen LogP contribution is -2.66. The Labute approximate surface area is 538 Å². The van der Waals surface area contributed by atoms with Crippen LogP contribution in [0.2, 0.25) is 0 Å². The SMILES string of the molecule is CC/C=C\C/C=C\C/C=C\C/C=C\C/C=C\C/C=C\C/C=C\CCCC(=O)NC(COC1OC(CO)C(OC2OC(CO)C(OC3OC(CO)C(O)C(O)C3O)C(O)C2O)C(O)C1O)C(O)/C=C/CC/C=C/CC/C=C/CCCCCCCCCCCCCC. The molecule has 0 saturated carbocycles. The molecule has 3 rings (SSSR count). The molecule has 19 nitrogen and oxygen atoms in total. The van der Waals surface area contributed by atoms with Gasteiger partial charge in [0.2, 0.25) is 5.91 Å². The van der Waals surface area contributed by atoms with E-state index in [9.17, 15) is 61.0 Å². The number of amides is 1. The van der Waals surface area contributed by atoms with Crippen LogP contribution in [0.3, 0.4) is 0 Å². The monoisotopic (exact) mass is 1270 g/mol. The smallest absolute Gasteiger partial charge is 0.220 e. The second kappa shape index (κ2) is 51.6. The average molecular weight is 1270 g/mol. The predicted molar refractivity (Wildman–Crippen MR) is 350 cm³/mol. The predicted octanol–water partition coefficient (Wildman–Crippen LogP) is 8.43. The number of rotatable bonds is 49. The van der Waals surface area contributed by atoms with Crippen LogP contribution >= 0.6 is 0 Å². The molecule has 19 heteroatoms. The van der Waals surface area contributed by atoms with E-state index in [4.69, 9.17) is 28.4 Å². The summed E-state index contributed by atoms with van der Waals surface area (Å²) in [5.74, 6) is -0.352. The van der Waals surface area contributed by atoms with Crippen LogP contribution in [0.4, 0.5) is 0 Å². The minimum Gasteiger partial charge on any atom is -0.394 e. The Bertz CT molecular complexity index is 2100. The van der Waals surface area contributed by atoms with E-state index in [2.05, 4.69) is 116 Å². The zero-order valence-electron chi connectivity index (χ0n) is 54.1. The molecule has 17 unspecified atom stereocenters. The number of allylic oxidation sites excluding steroid dienone is 19. The highest BCUT2D eigenvalue weighted by Crippen LogP contribution is 2.33. The Morgan fingerprint density at radius 1 is 0.411 bits per heavy atom. The fraction of sp³-hybridized carbons (Fsp3) is 0.704. The van der Waals surface area contributed by atoms with Crippen molar-refractivity contribution < 1.29 is 89.4 Å². The van der Waals surface area contributed by atoms with Gasteiger partial charge in [0.25, 0.3) is 0 Å². The van der Waals surface area contributed by atoms with Crippen LogP contribution < -0.4 is 5.32 Å². The summed E-state index contributed by atoms with van der Waals surface area (Å²) in [5, 5.41) is 120. The molecule has 0 bridgehead atoms. The maximum Gasteiger partial charge on any atom is 0.220 e. The fourth-order valence-electron chi connectivity index (χ4n) is 10.5. The minimum absolute atomic E-state index is 0.144. The summed E-state index contributed by atoms with van der Waals surface area (Å²) in [6.45, 7) is 1.53. The van der Waals surface area contributed by atoms with Crippen LogP contribution in [0.1, 0.15) is 187 Å². The van der Waals surface area contributed by atoms with Crippen molar-refractivity contribution in [3.05, 3.63) is 122 Å². The molecule has 1 amide bonds. The summed E-state index contributed by atoms with van der Waals surface area (Å²) >= 11 is 0. The topological polar surface area (TPSA) is 307 Å². The first-order valence-corrected chi connectivity index (χ1v) is 33.8. The number of nitrogens with one attached hydrogen (secondary N) is 1. The molecule has 0 aliphatic carbocycles. The Morgan fingerprint density at radius 2 is 0.778 bits per heavy atom. The van der Waals surface area contributed by atoms with Crippen LogP contribution in [0.15, 0.2) is 122 Å². The van der Waals surface area contributed by atoms with Gasteiger partial charge >= 0.3 is 0 Å². The normalized spacial score (nSPS) is 28.8. The van der Waals surface area contributed by atoms with Crippen LogP contribution in [0, 0.1) is 0 Å². The molecular formula is C71H117NO18. The van der Waals surface area contributed by atoms with Crippen molar-refractivity contribution in [1.82, 2.24) is 5.32 Å². The molecule has 0 spiro atoms. The van der Waals surface area contributed by atoms with E-state index in [0.29, 0.717) is 19.3 Å². The van der Waals surface area contributed by atoms with E-state index in [-0.39, 0.29) is 12.3 Å². The average Bonchev–Trinajstić information content (AvgIpc) is 0.865. The van der Waals surface area contributed by atoms with Crippen molar-refractivity contribution >= 4 is 5.91 Å². The summed E-state index contributed by atoms with van der Waals surface area (Å²) in [7, 11) is 0. The van der Waals surface area contributed by atoms with Gasteiger partial charge in [-0.1, -0.05) is 206 Å². The van der Waals surface area contributed by atoms with E-state index in [0.717, 1.165) is 70.6 Å². The van der Waals surface area contributed by atoms with Crippen LogP contribution in [0.25, 0.3) is 0 Å². The molecule has 0 aromatic carbocycles. The van der Waals surface area contributed by atoms with E-state index in [1.54, 1.807) is 6.08 Å². The number of ether oxygens (including phenoxy) is 6. The van der Waals surface area contributed by atoms with Crippen LogP contribution in [-0.4, -0.2) is 193 Å². The number of aliphatic hydroxyl groups excluding tert-OH is 11. The molecule has 0 aromatic rings. The van der Waals surface area contributed by atoms with Gasteiger partial charge in [0.05, 0.1) is 38.6 Å². The summed E-state index contributed by atoms with van der Waals surface area (Å²) < 4.78 is 34.3. The molecule has 3 aliphatic heterocycles. The molecule has 3 saturated heterocycles. The highest BCUT2D eigenvalue weighted by molar-refractivity contribution is 5.76. The molecular weight excluding hydrogens is 1150 g/mol. The molecule has 90 heavy (non-hydrogen) atoms. The van der Waals surface area contributed by atoms with E-state index in [1.807, 2.05) is 18.2 Å². The minimum atomic E-state index is -1.99. The van der Waals surface area contributed by atoms with Crippen molar-refractivity contribution in [3.8, 4) is 0 Å². The summed E-state index contributed by atoms with van der Waals surface area (Å²) in [5.41, 5.74) is 0. The number of hydrogen-bond donors (Lipinski definition) is 12. The van der Waals surface area contributed by atoms with Gasteiger partial charge in [-0.05, 0) is 96.3 Å². The molecule has 3 fully saturated rings. The van der Waals surface area contributed by atoms with Gasteiger partial charge in [-0.15, -0.1) is 0 Å². The van der Waals surface area contributed by atoms with Gasteiger partial charge in [-0.2, -0.15) is 0 Å². The second-order valence-electron chi connectivity index (χ2n) is 23.5. The quantitative estimate of drug-likeness (QED) is 0.0201. The zero-order chi connectivity index (χ0) is 65.4. The van der Waals surface area contributed by atoms with Gasteiger partial charge in [-0.3, -0.25) is 4.79 Å². The number of hydrogen-bond acceptors (Lipinski definition) is 18. The highest BCUT2D eigenvalue weighted by Gasteiger charge is 2.53. The second-order valence-corrected chi connectivity index (χ2v) is 23.5. The molecule has 17 atom stereocenters. The van der Waals surface area contributed by atoms with Gasteiger partial charge in [0.1, 0.15) is 73.2 Å². The van der Waals surface area contributed by atoms with Gasteiger partial charge in [0.15, 0.2) is 18.9 Å². The zero-order valence-corrected chi connectivity index (χ0v) is 54.1. The van der Waals surface area contributed by atoms with Crippen molar-refractivity contribution in [2.45, 2.75) is 291 Å². The number of carbonyl (C=O) groups excluding carboxylic acids is 1. The van der Waals surface area contributed by atoms with Gasteiger partial charge in [0, 0.05) is 6.42 Å². The summed E-state index contributed by atoms with van der Waals surface area (Å²) in [6.07, 6.45) is 43.2. The van der Waals surface area contributed by atoms with Crippen LogP contribution in [0.5, 0.6) is 0 Å². The van der Waals surface area contributed by atoms with E-state index >= 15 is 0 Å². The maximum absolute atomic E-state index is 13.4. The van der Waals surface area contributed by atoms with Crippen molar-refractivity contribution in [3.63, 3.8) is 0 Å². The largest absolute Gasteiger partial charge is 0.394 e. The first kappa shape index (κ1) is 80.4. The lowest BCUT2D eigenvalue weighted by Gasteiger charge is -2.48. The van der Waals surface area contributed by atoms with E-state index in [1.165, 1.54) is 77.0 Å². The molecule has 0 radical (unpaired) electrons. The Hall–Kier alpha value is -3.81. The number of unbranched alkanes of at least 4 members (excludes halogenated alkanes) is 15. The fourth-order valence-corrected chi connectivity index (χ4v) is 10.5. The van der Waals surface area contributed by atoms with E-state index < -0.39 is 131 Å². The third kappa shape index (κ3) is 33.3. The molecule has 0 aromatic heterocycles. The maximum atomic E-state index is 13.4. The van der Waals surface area contributed by atoms with Crippen molar-refractivity contribution in [2.24, 2.45) is 0 Å².